The quantitative estimate of drug-likeness (QED) is 0.873. The Hall–Kier alpha value is -0.960. The maximum atomic E-state index is 4.73. The van der Waals surface area contributed by atoms with Crippen LogP contribution in [0.25, 0.3) is 0 Å². The minimum absolute atomic E-state index is 0.245. The van der Waals surface area contributed by atoms with Crippen molar-refractivity contribution in [2.75, 3.05) is 13.1 Å². The van der Waals surface area contributed by atoms with Gasteiger partial charge in [-0.3, -0.25) is 0 Å². The van der Waals surface area contributed by atoms with E-state index in [9.17, 15) is 0 Å². The van der Waals surface area contributed by atoms with Crippen LogP contribution in [0, 0.1) is 19.3 Å². The molecule has 100 valence electrons. The molecule has 18 heavy (non-hydrogen) atoms. The number of aromatic nitrogens is 2. The van der Waals surface area contributed by atoms with Gasteiger partial charge in [0.25, 0.3) is 0 Å². The highest BCUT2D eigenvalue weighted by Gasteiger charge is 2.23. The van der Waals surface area contributed by atoms with Gasteiger partial charge in [-0.2, -0.15) is 0 Å². The molecular formula is C15H25N3. The van der Waals surface area contributed by atoms with Crippen molar-refractivity contribution in [3.05, 3.63) is 22.8 Å². The molecule has 1 aliphatic rings. The average Bonchev–Trinajstić information content (AvgIpc) is 2.66. The summed E-state index contributed by atoms with van der Waals surface area (Å²) in [5.41, 5.74) is 3.97. The molecular weight excluding hydrogens is 222 g/mol. The van der Waals surface area contributed by atoms with Gasteiger partial charge in [0.2, 0.25) is 0 Å². The summed E-state index contributed by atoms with van der Waals surface area (Å²) < 4.78 is 0. The molecule has 3 heteroatoms. The zero-order valence-corrected chi connectivity index (χ0v) is 12.3. The Kier molecular flexibility index (Phi) is 3.71. The Bertz CT molecular complexity index is 403. The number of nitrogens with zero attached hydrogens (tertiary/aromatic N) is 2. The number of rotatable bonds is 2. The van der Waals surface area contributed by atoms with Crippen molar-refractivity contribution < 1.29 is 0 Å². The van der Waals surface area contributed by atoms with Gasteiger partial charge in [-0.05, 0) is 37.8 Å². The van der Waals surface area contributed by atoms with Crippen LogP contribution >= 0.6 is 0 Å². The highest BCUT2D eigenvalue weighted by Crippen LogP contribution is 2.28. The van der Waals surface area contributed by atoms with Gasteiger partial charge in [-0.15, -0.1) is 0 Å². The third-order valence-electron chi connectivity index (χ3n) is 3.53. The molecule has 1 saturated heterocycles. The van der Waals surface area contributed by atoms with E-state index in [0.717, 1.165) is 25.3 Å². The third-order valence-corrected chi connectivity index (χ3v) is 3.53. The summed E-state index contributed by atoms with van der Waals surface area (Å²) in [6.45, 7) is 13.2. The van der Waals surface area contributed by atoms with Crippen LogP contribution in [-0.2, 0) is 6.42 Å². The van der Waals surface area contributed by atoms with Gasteiger partial charge in [0.15, 0.2) is 0 Å². The number of hydrogen-bond donors (Lipinski definition) is 1. The first kappa shape index (κ1) is 13.5. The lowest BCUT2D eigenvalue weighted by atomic mass is 9.91. The second-order valence-electron chi connectivity index (χ2n) is 6.65. The second kappa shape index (κ2) is 4.96. The molecule has 1 N–H and O–H groups in total. The predicted octanol–water partition coefficient (Wildman–Crippen LogP) is 2.76. The van der Waals surface area contributed by atoms with Gasteiger partial charge in [0, 0.05) is 30.3 Å². The summed E-state index contributed by atoms with van der Waals surface area (Å²) >= 11 is 0. The third kappa shape index (κ3) is 3.08. The predicted molar refractivity (Wildman–Crippen MR) is 74.9 cm³/mol. The van der Waals surface area contributed by atoms with Crippen molar-refractivity contribution in [3.8, 4) is 0 Å². The zero-order chi connectivity index (χ0) is 13.3. The highest BCUT2D eigenvalue weighted by atomic mass is 14.9. The molecule has 1 aromatic rings. The van der Waals surface area contributed by atoms with E-state index >= 15 is 0 Å². The average molecular weight is 247 g/mol. The van der Waals surface area contributed by atoms with Gasteiger partial charge in [-0.25, -0.2) is 9.97 Å². The highest BCUT2D eigenvalue weighted by molar-refractivity contribution is 5.29. The minimum atomic E-state index is 0.245. The van der Waals surface area contributed by atoms with Crippen molar-refractivity contribution in [2.24, 2.45) is 5.41 Å². The normalized spacial score (nSPS) is 20.4. The molecule has 3 nitrogen and oxygen atoms in total. The summed E-state index contributed by atoms with van der Waals surface area (Å²) in [6, 6.07) is 0. The number of aryl methyl sites for hydroxylation is 2. The summed E-state index contributed by atoms with van der Waals surface area (Å²) in [4.78, 5) is 9.45. The molecule has 0 aromatic carbocycles. The van der Waals surface area contributed by atoms with E-state index in [4.69, 9.17) is 9.97 Å². The molecule has 1 fully saturated rings. The van der Waals surface area contributed by atoms with Gasteiger partial charge >= 0.3 is 0 Å². The summed E-state index contributed by atoms with van der Waals surface area (Å²) in [7, 11) is 0. The van der Waals surface area contributed by atoms with E-state index in [-0.39, 0.29) is 5.41 Å². The fraction of sp³-hybridized carbons (Fsp3) is 0.733. The van der Waals surface area contributed by atoms with Gasteiger partial charge < -0.3 is 5.32 Å². The molecule has 0 aliphatic carbocycles. The van der Waals surface area contributed by atoms with Crippen molar-refractivity contribution in [3.63, 3.8) is 0 Å². The van der Waals surface area contributed by atoms with Crippen LogP contribution in [0.4, 0.5) is 0 Å². The molecule has 1 atom stereocenters. The van der Waals surface area contributed by atoms with Crippen LogP contribution in [0.1, 0.15) is 55.9 Å². The van der Waals surface area contributed by atoms with Crippen LogP contribution in [0.3, 0.4) is 0 Å². The molecule has 0 amide bonds. The fourth-order valence-electron chi connectivity index (χ4n) is 2.84. The van der Waals surface area contributed by atoms with E-state index in [2.05, 4.69) is 39.9 Å². The second-order valence-corrected chi connectivity index (χ2v) is 6.65. The zero-order valence-electron chi connectivity index (χ0n) is 12.3. The molecule has 1 unspecified atom stereocenters. The van der Waals surface area contributed by atoms with E-state index in [1.54, 1.807) is 0 Å². The van der Waals surface area contributed by atoms with E-state index in [1.165, 1.54) is 23.4 Å². The molecule has 2 heterocycles. The monoisotopic (exact) mass is 247 g/mol. The largest absolute Gasteiger partial charge is 0.316 e. The van der Waals surface area contributed by atoms with Crippen molar-refractivity contribution in [1.29, 1.82) is 0 Å². The van der Waals surface area contributed by atoms with Crippen LogP contribution in [-0.4, -0.2) is 23.1 Å². The Morgan fingerprint density at radius 2 is 1.78 bits per heavy atom. The summed E-state index contributed by atoms with van der Waals surface area (Å²) in [5.74, 6) is 1.60. The maximum absolute atomic E-state index is 4.73. The molecule has 1 aliphatic heterocycles. The lowest BCUT2D eigenvalue weighted by Crippen LogP contribution is -2.16. The molecule has 0 saturated carbocycles. The van der Waals surface area contributed by atoms with Crippen molar-refractivity contribution in [2.45, 2.75) is 53.4 Å². The first-order chi connectivity index (χ1) is 8.37. The lowest BCUT2D eigenvalue weighted by molar-refractivity contribution is 0.399. The molecule has 0 bridgehead atoms. The van der Waals surface area contributed by atoms with Crippen molar-refractivity contribution >= 4 is 0 Å². The summed E-state index contributed by atoms with van der Waals surface area (Å²) in [6.07, 6.45) is 2.15. The Balaban J connectivity index is 2.29. The van der Waals surface area contributed by atoms with Crippen LogP contribution in [0.2, 0.25) is 0 Å². The lowest BCUT2D eigenvalue weighted by Gasteiger charge is -2.20. The Labute approximate surface area is 110 Å². The maximum Gasteiger partial charge on any atom is 0.129 e. The minimum Gasteiger partial charge on any atom is -0.316 e. The van der Waals surface area contributed by atoms with E-state index < -0.39 is 0 Å². The SMILES string of the molecule is Cc1nc(CC(C)(C)C)nc(C)c1C1CCNC1. The summed E-state index contributed by atoms with van der Waals surface area (Å²) in [5, 5.41) is 3.42. The van der Waals surface area contributed by atoms with Gasteiger partial charge in [-0.1, -0.05) is 20.8 Å². The Morgan fingerprint density at radius 3 is 2.22 bits per heavy atom. The van der Waals surface area contributed by atoms with Crippen LogP contribution in [0.15, 0.2) is 0 Å². The van der Waals surface area contributed by atoms with Crippen LogP contribution < -0.4 is 5.32 Å². The Morgan fingerprint density at radius 1 is 1.17 bits per heavy atom. The smallest absolute Gasteiger partial charge is 0.129 e. The van der Waals surface area contributed by atoms with Crippen LogP contribution in [0.5, 0.6) is 0 Å². The molecule has 0 spiro atoms. The first-order valence-electron chi connectivity index (χ1n) is 6.91. The first-order valence-corrected chi connectivity index (χ1v) is 6.91. The standard InChI is InChI=1S/C15H25N3/c1-10-14(12-6-7-16-9-12)11(2)18-13(17-10)8-15(3,4)5/h12,16H,6-9H2,1-5H3. The molecule has 1 aromatic heterocycles. The topological polar surface area (TPSA) is 37.8 Å². The van der Waals surface area contributed by atoms with E-state index in [0.29, 0.717) is 5.92 Å². The van der Waals surface area contributed by atoms with Gasteiger partial charge in [0.05, 0.1) is 0 Å². The number of nitrogens with one attached hydrogen (secondary N) is 1. The van der Waals surface area contributed by atoms with Gasteiger partial charge in [0.1, 0.15) is 5.82 Å². The fourth-order valence-corrected chi connectivity index (χ4v) is 2.84. The number of hydrogen-bond acceptors (Lipinski definition) is 3. The van der Waals surface area contributed by atoms with Crippen molar-refractivity contribution in [1.82, 2.24) is 15.3 Å². The molecule has 0 radical (unpaired) electrons. The van der Waals surface area contributed by atoms with E-state index in [1.807, 2.05) is 0 Å². The molecule has 2 rings (SSSR count).